The molecule has 0 unspecified atom stereocenters. The lowest BCUT2D eigenvalue weighted by Gasteiger charge is -2.05. The molecule has 4 nitrogen and oxygen atoms in total. The van der Waals surface area contributed by atoms with Crippen molar-refractivity contribution in [1.29, 1.82) is 0 Å². The van der Waals surface area contributed by atoms with Gasteiger partial charge in [0.25, 0.3) is 0 Å². The van der Waals surface area contributed by atoms with E-state index in [1.807, 2.05) is 121 Å². The van der Waals surface area contributed by atoms with Crippen LogP contribution < -0.4 is 9.47 Å². The molecule has 182 valence electrons. The van der Waals surface area contributed by atoms with Gasteiger partial charge >= 0.3 is 0 Å². The highest BCUT2D eigenvalue weighted by molar-refractivity contribution is 5.53. The molecule has 0 saturated carbocycles. The first-order chi connectivity index (χ1) is 18.8. The van der Waals surface area contributed by atoms with Gasteiger partial charge in [0, 0.05) is 11.1 Å². The van der Waals surface area contributed by atoms with E-state index >= 15 is 0 Å². The van der Waals surface area contributed by atoms with E-state index in [1.54, 1.807) is 0 Å². The first-order valence-corrected chi connectivity index (χ1v) is 12.2. The van der Waals surface area contributed by atoms with Crippen LogP contribution in [0.2, 0.25) is 0 Å². The Bertz CT molecular complexity index is 1500. The van der Waals surface area contributed by atoms with E-state index in [1.165, 1.54) is 0 Å². The second-order valence-corrected chi connectivity index (χ2v) is 8.28. The topological polar surface area (TPSA) is 44.2 Å². The summed E-state index contributed by atoms with van der Waals surface area (Å²) in [6, 6.07) is 38.7. The van der Waals surface area contributed by atoms with Crippen molar-refractivity contribution in [2.45, 2.75) is 13.2 Å². The summed E-state index contributed by atoms with van der Waals surface area (Å²) >= 11 is 0. The molecule has 0 amide bonds. The van der Waals surface area contributed by atoms with Gasteiger partial charge in [-0.1, -0.05) is 72.5 Å². The SMILES string of the molecule is C(#Cc1ccccc1C#Cc1cccc(COc2ccccc2)n1)c1cccc(COc2ccccc2)n1. The van der Waals surface area contributed by atoms with Crippen molar-refractivity contribution in [1.82, 2.24) is 9.97 Å². The van der Waals surface area contributed by atoms with Gasteiger partial charge in [-0.3, -0.25) is 0 Å². The lowest BCUT2D eigenvalue weighted by molar-refractivity contribution is 0.301. The summed E-state index contributed by atoms with van der Waals surface area (Å²) in [7, 11) is 0. The predicted octanol–water partition coefficient (Wildman–Crippen LogP) is 6.43. The molecule has 2 aromatic heterocycles. The van der Waals surface area contributed by atoms with Crippen LogP contribution in [0.15, 0.2) is 121 Å². The smallest absolute Gasteiger partial charge is 0.130 e. The van der Waals surface area contributed by atoms with Gasteiger partial charge in [0.2, 0.25) is 0 Å². The quantitative estimate of drug-likeness (QED) is 0.256. The average Bonchev–Trinajstić information content (AvgIpc) is 2.99. The molecule has 0 atom stereocenters. The molecule has 0 aliphatic rings. The number of ether oxygens (including phenoxy) is 2. The van der Waals surface area contributed by atoms with Crippen molar-refractivity contribution in [3.63, 3.8) is 0 Å². The van der Waals surface area contributed by atoms with Gasteiger partial charge in [-0.2, -0.15) is 0 Å². The summed E-state index contributed by atoms with van der Waals surface area (Å²) in [4.78, 5) is 9.24. The minimum atomic E-state index is 0.379. The minimum absolute atomic E-state index is 0.379. The zero-order chi connectivity index (χ0) is 25.8. The number of hydrogen-bond acceptors (Lipinski definition) is 4. The maximum atomic E-state index is 5.81. The normalized spacial score (nSPS) is 9.89. The van der Waals surface area contributed by atoms with Crippen LogP contribution >= 0.6 is 0 Å². The zero-order valence-corrected chi connectivity index (χ0v) is 20.7. The Morgan fingerprint density at radius 1 is 0.421 bits per heavy atom. The van der Waals surface area contributed by atoms with E-state index in [9.17, 15) is 0 Å². The third kappa shape index (κ3) is 7.10. The van der Waals surface area contributed by atoms with E-state index in [0.29, 0.717) is 24.6 Å². The monoisotopic (exact) mass is 492 g/mol. The Balaban J connectivity index is 1.28. The fourth-order valence-corrected chi connectivity index (χ4v) is 3.57. The van der Waals surface area contributed by atoms with Crippen LogP contribution in [-0.2, 0) is 13.2 Å². The van der Waals surface area contributed by atoms with Crippen molar-refractivity contribution >= 4 is 0 Å². The number of benzene rings is 3. The van der Waals surface area contributed by atoms with Crippen LogP contribution in [0.1, 0.15) is 33.9 Å². The van der Waals surface area contributed by atoms with Gasteiger partial charge in [0.15, 0.2) is 0 Å². The molecule has 38 heavy (non-hydrogen) atoms. The maximum absolute atomic E-state index is 5.81. The zero-order valence-electron chi connectivity index (χ0n) is 20.7. The highest BCUT2D eigenvalue weighted by atomic mass is 16.5. The van der Waals surface area contributed by atoms with Gasteiger partial charge in [0.1, 0.15) is 36.1 Å². The van der Waals surface area contributed by atoms with Crippen LogP contribution in [-0.4, -0.2) is 9.97 Å². The lowest BCUT2D eigenvalue weighted by atomic mass is 10.1. The van der Waals surface area contributed by atoms with Gasteiger partial charge in [-0.15, -0.1) is 0 Å². The standard InChI is InChI=1S/C34H24N2O2/c1-3-17-33(18-4-1)37-25-31-15-9-13-29(35-31)23-21-27-11-7-8-12-28(27)22-24-30-14-10-16-32(36-30)26-38-34-19-5-2-6-20-34/h1-20H,25-26H2. The minimum Gasteiger partial charge on any atom is -0.487 e. The van der Waals surface area contributed by atoms with E-state index < -0.39 is 0 Å². The van der Waals surface area contributed by atoms with Gasteiger partial charge in [-0.25, -0.2) is 9.97 Å². The predicted molar refractivity (Wildman–Crippen MR) is 148 cm³/mol. The van der Waals surface area contributed by atoms with Crippen LogP contribution in [0, 0.1) is 23.7 Å². The Morgan fingerprint density at radius 3 is 1.29 bits per heavy atom. The first-order valence-electron chi connectivity index (χ1n) is 12.2. The van der Waals surface area contributed by atoms with Crippen molar-refractivity contribution in [3.8, 4) is 35.2 Å². The molecule has 5 aromatic rings. The number of nitrogens with zero attached hydrogens (tertiary/aromatic N) is 2. The van der Waals surface area contributed by atoms with Crippen molar-refractivity contribution in [3.05, 3.63) is 155 Å². The highest BCUT2D eigenvalue weighted by Crippen LogP contribution is 2.13. The molecule has 0 bridgehead atoms. The summed E-state index contributed by atoms with van der Waals surface area (Å²) < 4.78 is 11.6. The van der Waals surface area contributed by atoms with Crippen LogP contribution in [0.3, 0.4) is 0 Å². The van der Waals surface area contributed by atoms with Crippen molar-refractivity contribution < 1.29 is 9.47 Å². The molecule has 3 aromatic carbocycles. The van der Waals surface area contributed by atoms with Crippen molar-refractivity contribution in [2.24, 2.45) is 0 Å². The average molecular weight is 493 g/mol. The van der Waals surface area contributed by atoms with E-state index in [-0.39, 0.29) is 0 Å². The van der Waals surface area contributed by atoms with Crippen LogP contribution in [0.4, 0.5) is 0 Å². The van der Waals surface area contributed by atoms with Crippen molar-refractivity contribution in [2.75, 3.05) is 0 Å². The molecule has 5 rings (SSSR count). The van der Waals surface area contributed by atoms with E-state index in [4.69, 9.17) is 9.47 Å². The summed E-state index contributed by atoms with van der Waals surface area (Å²) in [6.07, 6.45) is 0. The molecule has 0 fully saturated rings. The Hall–Kier alpha value is -5.32. The molecule has 0 aliphatic heterocycles. The number of pyridine rings is 2. The van der Waals surface area contributed by atoms with E-state index in [0.717, 1.165) is 34.0 Å². The van der Waals surface area contributed by atoms with Gasteiger partial charge in [-0.05, 0) is 72.5 Å². The summed E-state index contributed by atoms with van der Waals surface area (Å²) in [5, 5.41) is 0. The lowest BCUT2D eigenvalue weighted by Crippen LogP contribution is -1.99. The molecule has 0 radical (unpaired) electrons. The third-order valence-electron chi connectivity index (χ3n) is 5.45. The third-order valence-corrected chi connectivity index (χ3v) is 5.45. The van der Waals surface area contributed by atoms with Gasteiger partial charge in [0.05, 0.1) is 11.4 Å². The number of rotatable bonds is 6. The highest BCUT2D eigenvalue weighted by Gasteiger charge is 2.01. The molecule has 0 aliphatic carbocycles. The summed E-state index contributed by atoms with van der Waals surface area (Å²) in [5.41, 5.74) is 4.64. The fourth-order valence-electron chi connectivity index (χ4n) is 3.57. The molecular weight excluding hydrogens is 468 g/mol. The summed E-state index contributed by atoms with van der Waals surface area (Å²) in [5.74, 6) is 14.4. The first kappa shape index (κ1) is 24.4. The Kier molecular flexibility index (Phi) is 8.07. The molecule has 0 saturated heterocycles. The molecule has 0 spiro atoms. The van der Waals surface area contributed by atoms with Gasteiger partial charge < -0.3 is 9.47 Å². The summed E-state index contributed by atoms with van der Waals surface area (Å²) in [6.45, 7) is 0.758. The number of aromatic nitrogens is 2. The second kappa shape index (κ2) is 12.6. The molecule has 0 N–H and O–H groups in total. The van der Waals surface area contributed by atoms with Crippen LogP contribution in [0.5, 0.6) is 11.5 Å². The maximum Gasteiger partial charge on any atom is 0.130 e. The molecule has 2 heterocycles. The molecular formula is C34H24N2O2. The Labute approximate surface area is 223 Å². The van der Waals surface area contributed by atoms with E-state index in [2.05, 4.69) is 33.6 Å². The number of hydrogen-bond donors (Lipinski definition) is 0. The second-order valence-electron chi connectivity index (χ2n) is 8.28. The Morgan fingerprint density at radius 2 is 0.842 bits per heavy atom. The fraction of sp³-hybridized carbons (Fsp3) is 0.0588. The molecule has 4 heteroatoms. The largest absolute Gasteiger partial charge is 0.487 e. The van der Waals surface area contributed by atoms with Crippen LogP contribution in [0.25, 0.3) is 0 Å². The number of para-hydroxylation sites is 2.